The quantitative estimate of drug-likeness (QED) is 0.664. The van der Waals surface area contributed by atoms with Crippen molar-refractivity contribution in [3.63, 3.8) is 0 Å². The van der Waals surface area contributed by atoms with Crippen molar-refractivity contribution in [2.75, 3.05) is 19.0 Å². The monoisotopic (exact) mass is 337 g/mol. The SMILES string of the molecule is Cc1cccc(-c2nnc(COC(=O)c3ccc(N(C)C)cc3)o2)c1. The molecule has 3 aromatic rings. The van der Waals surface area contributed by atoms with E-state index in [1.165, 1.54) is 0 Å². The molecule has 0 aliphatic rings. The third kappa shape index (κ3) is 4.03. The molecule has 128 valence electrons. The molecule has 0 saturated carbocycles. The first-order chi connectivity index (χ1) is 12.0. The highest BCUT2D eigenvalue weighted by Crippen LogP contribution is 2.19. The molecule has 0 aliphatic carbocycles. The maximum atomic E-state index is 12.1. The van der Waals surface area contributed by atoms with Gasteiger partial charge in [-0.2, -0.15) is 0 Å². The molecule has 0 aliphatic heterocycles. The highest BCUT2D eigenvalue weighted by Gasteiger charge is 2.12. The first-order valence-electron chi connectivity index (χ1n) is 7.87. The lowest BCUT2D eigenvalue weighted by Gasteiger charge is -2.12. The van der Waals surface area contributed by atoms with Gasteiger partial charge in [0.1, 0.15) is 0 Å². The predicted molar refractivity (Wildman–Crippen MR) is 94.4 cm³/mol. The van der Waals surface area contributed by atoms with Gasteiger partial charge in [-0.1, -0.05) is 17.7 Å². The number of carbonyl (C=O) groups excluding carboxylic acids is 1. The molecular weight excluding hydrogens is 318 g/mol. The maximum Gasteiger partial charge on any atom is 0.338 e. The first-order valence-corrected chi connectivity index (χ1v) is 7.87. The number of benzene rings is 2. The molecule has 1 heterocycles. The lowest BCUT2D eigenvalue weighted by atomic mass is 10.1. The van der Waals surface area contributed by atoms with E-state index in [0.717, 1.165) is 16.8 Å². The molecular formula is C19H19N3O3. The smallest absolute Gasteiger partial charge is 0.338 e. The first kappa shape index (κ1) is 16.7. The fraction of sp³-hybridized carbons (Fsp3) is 0.211. The molecule has 2 aromatic carbocycles. The molecule has 0 bridgehead atoms. The number of ether oxygens (including phenoxy) is 1. The van der Waals surface area contributed by atoms with Gasteiger partial charge in [0.25, 0.3) is 5.89 Å². The molecule has 1 aromatic heterocycles. The van der Waals surface area contributed by atoms with E-state index in [1.807, 2.05) is 62.3 Å². The van der Waals surface area contributed by atoms with Crippen molar-refractivity contribution in [2.24, 2.45) is 0 Å². The van der Waals surface area contributed by atoms with Gasteiger partial charge in [-0.3, -0.25) is 0 Å². The van der Waals surface area contributed by atoms with Crippen LogP contribution in [-0.4, -0.2) is 30.3 Å². The number of aryl methyl sites for hydroxylation is 1. The van der Waals surface area contributed by atoms with Crippen LogP contribution in [0.1, 0.15) is 21.8 Å². The summed E-state index contributed by atoms with van der Waals surface area (Å²) in [5.74, 6) is 0.237. The number of aromatic nitrogens is 2. The molecule has 0 amide bonds. The zero-order chi connectivity index (χ0) is 17.8. The van der Waals surface area contributed by atoms with Gasteiger partial charge in [0, 0.05) is 25.3 Å². The Morgan fingerprint density at radius 2 is 1.88 bits per heavy atom. The Labute approximate surface area is 146 Å². The minimum atomic E-state index is -0.430. The van der Waals surface area contributed by atoms with Gasteiger partial charge in [-0.25, -0.2) is 4.79 Å². The number of rotatable bonds is 5. The molecule has 6 nitrogen and oxygen atoms in total. The van der Waals surface area contributed by atoms with Gasteiger partial charge < -0.3 is 14.1 Å². The van der Waals surface area contributed by atoms with Crippen LogP contribution in [0.5, 0.6) is 0 Å². The number of esters is 1. The van der Waals surface area contributed by atoms with Crippen molar-refractivity contribution >= 4 is 11.7 Å². The molecule has 0 radical (unpaired) electrons. The maximum absolute atomic E-state index is 12.1. The predicted octanol–water partition coefficient (Wildman–Crippen LogP) is 3.47. The van der Waals surface area contributed by atoms with E-state index in [1.54, 1.807) is 12.1 Å². The second kappa shape index (κ2) is 7.17. The Morgan fingerprint density at radius 3 is 2.56 bits per heavy atom. The highest BCUT2D eigenvalue weighted by atomic mass is 16.5. The number of carbonyl (C=O) groups is 1. The van der Waals surface area contributed by atoms with Crippen molar-refractivity contribution in [2.45, 2.75) is 13.5 Å². The van der Waals surface area contributed by atoms with E-state index in [-0.39, 0.29) is 12.5 Å². The van der Waals surface area contributed by atoms with Crippen LogP contribution in [0.25, 0.3) is 11.5 Å². The molecule has 25 heavy (non-hydrogen) atoms. The summed E-state index contributed by atoms with van der Waals surface area (Å²) in [6.45, 7) is 1.93. The summed E-state index contributed by atoms with van der Waals surface area (Å²) in [6.07, 6.45) is 0. The molecule has 0 unspecified atom stereocenters. The lowest BCUT2D eigenvalue weighted by Crippen LogP contribution is -2.09. The number of hydrogen-bond acceptors (Lipinski definition) is 6. The van der Waals surface area contributed by atoms with Crippen molar-refractivity contribution in [1.82, 2.24) is 10.2 Å². The molecule has 0 fully saturated rings. The average Bonchev–Trinajstić information content (AvgIpc) is 3.09. The third-order valence-corrected chi connectivity index (χ3v) is 3.68. The summed E-state index contributed by atoms with van der Waals surface area (Å²) in [7, 11) is 3.88. The van der Waals surface area contributed by atoms with Crippen LogP contribution < -0.4 is 4.90 Å². The zero-order valence-electron chi connectivity index (χ0n) is 14.4. The summed E-state index contributed by atoms with van der Waals surface area (Å²) >= 11 is 0. The Morgan fingerprint density at radius 1 is 1.12 bits per heavy atom. The minimum Gasteiger partial charge on any atom is -0.452 e. The summed E-state index contributed by atoms with van der Waals surface area (Å²) in [5.41, 5.74) is 3.43. The number of nitrogens with zero attached hydrogens (tertiary/aromatic N) is 3. The van der Waals surface area contributed by atoms with E-state index in [2.05, 4.69) is 10.2 Å². The Hall–Kier alpha value is -3.15. The van der Waals surface area contributed by atoms with Crippen LogP contribution in [0.3, 0.4) is 0 Å². The van der Waals surface area contributed by atoms with Crippen LogP contribution >= 0.6 is 0 Å². The third-order valence-electron chi connectivity index (χ3n) is 3.68. The summed E-state index contributed by atoms with van der Waals surface area (Å²) in [4.78, 5) is 14.1. The van der Waals surface area contributed by atoms with E-state index < -0.39 is 5.97 Å². The van der Waals surface area contributed by atoms with Gasteiger partial charge in [0.05, 0.1) is 5.56 Å². The molecule has 0 atom stereocenters. The van der Waals surface area contributed by atoms with Crippen molar-refractivity contribution in [1.29, 1.82) is 0 Å². The standard InChI is InChI=1S/C19H19N3O3/c1-13-5-4-6-15(11-13)18-21-20-17(25-18)12-24-19(23)14-7-9-16(10-8-14)22(2)3/h4-11H,12H2,1-3H3. The zero-order valence-corrected chi connectivity index (χ0v) is 14.4. The Balaban J connectivity index is 1.63. The van der Waals surface area contributed by atoms with Crippen LogP contribution in [0.4, 0.5) is 5.69 Å². The average molecular weight is 337 g/mol. The second-order valence-corrected chi connectivity index (χ2v) is 5.89. The van der Waals surface area contributed by atoms with Gasteiger partial charge in [0.15, 0.2) is 6.61 Å². The molecule has 0 N–H and O–H groups in total. The normalized spacial score (nSPS) is 10.5. The molecule has 0 saturated heterocycles. The second-order valence-electron chi connectivity index (χ2n) is 5.89. The highest BCUT2D eigenvalue weighted by molar-refractivity contribution is 5.89. The fourth-order valence-corrected chi connectivity index (χ4v) is 2.31. The van der Waals surface area contributed by atoms with E-state index in [0.29, 0.717) is 11.5 Å². The van der Waals surface area contributed by atoms with Crippen LogP contribution in [0, 0.1) is 6.92 Å². The van der Waals surface area contributed by atoms with Gasteiger partial charge in [-0.05, 0) is 43.3 Å². The van der Waals surface area contributed by atoms with E-state index in [4.69, 9.17) is 9.15 Å². The van der Waals surface area contributed by atoms with Gasteiger partial charge in [0.2, 0.25) is 5.89 Å². The minimum absolute atomic E-state index is 0.0624. The fourth-order valence-electron chi connectivity index (χ4n) is 2.31. The number of hydrogen-bond donors (Lipinski definition) is 0. The Bertz CT molecular complexity index is 870. The largest absolute Gasteiger partial charge is 0.452 e. The number of anilines is 1. The van der Waals surface area contributed by atoms with Crippen molar-refractivity contribution < 1.29 is 13.9 Å². The van der Waals surface area contributed by atoms with E-state index in [9.17, 15) is 4.79 Å². The topological polar surface area (TPSA) is 68.5 Å². The van der Waals surface area contributed by atoms with Crippen LogP contribution in [-0.2, 0) is 11.3 Å². The lowest BCUT2D eigenvalue weighted by molar-refractivity contribution is 0.0438. The van der Waals surface area contributed by atoms with Crippen molar-refractivity contribution in [3.05, 3.63) is 65.5 Å². The van der Waals surface area contributed by atoms with Gasteiger partial charge in [-0.15, -0.1) is 10.2 Å². The summed E-state index contributed by atoms with van der Waals surface area (Å²) in [5, 5.41) is 7.92. The molecule has 3 rings (SSSR count). The van der Waals surface area contributed by atoms with E-state index >= 15 is 0 Å². The van der Waals surface area contributed by atoms with Crippen LogP contribution in [0.2, 0.25) is 0 Å². The van der Waals surface area contributed by atoms with Gasteiger partial charge >= 0.3 is 5.97 Å². The molecule has 6 heteroatoms. The van der Waals surface area contributed by atoms with Crippen LogP contribution in [0.15, 0.2) is 52.9 Å². The summed E-state index contributed by atoms with van der Waals surface area (Å²) < 4.78 is 10.8. The molecule has 0 spiro atoms. The summed E-state index contributed by atoms with van der Waals surface area (Å²) in [6, 6.07) is 14.9. The Kier molecular flexibility index (Phi) is 4.79. The van der Waals surface area contributed by atoms with Crippen molar-refractivity contribution in [3.8, 4) is 11.5 Å².